The van der Waals surface area contributed by atoms with Crippen LogP contribution in [-0.2, 0) is 28.7 Å². The topological polar surface area (TPSA) is 110 Å². The number of imidazole rings is 1. The summed E-state index contributed by atoms with van der Waals surface area (Å²) in [5, 5.41) is 5.30. The Balaban J connectivity index is 1.61. The van der Waals surface area contributed by atoms with Crippen molar-refractivity contribution in [1.82, 2.24) is 18.9 Å². The Morgan fingerprint density at radius 2 is 1.76 bits per heavy atom. The number of carbonyl (C=O) groups is 2. The molecule has 0 unspecified atom stereocenters. The van der Waals surface area contributed by atoms with E-state index in [9.17, 15) is 27.6 Å². The van der Waals surface area contributed by atoms with Gasteiger partial charge in [0.25, 0.3) is 5.56 Å². The van der Waals surface area contributed by atoms with Crippen LogP contribution in [0, 0.1) is 0 Å². The number of nitrogens with zero attached hydrogens (tertiary/aromatic N) is 4. The quantitative estimate of drug-likeness (QED) is 0.271. The Morgan fingerprint density at radius 1 is 1.02 bits per heavy atom. The van der Waals surface area contributed by atoms with Crippen molar-refractivity contribution in [2.45, 2.75) is 26.1 Å². The minimum absolute atomic E-state index is 0.166. The fourth-order valence-electron chi connectivity index (χ4n) is 4.57. The first-order valence-electron chi connectivity index (χ1n) is 12.5. The molecule has 0 aliphatic heterocycles. The van der Waals surface area contributed by atoms with E-state index in [4.69, 9.17) is 4.98 Å². The highest BCUT2D eigenvalue weighted by Gasteiger charge is 2.30. The monoisotopic (exact) mass is 560 g/mol. The normalized spacial score (nSPS) is 11.5. The first kappa shape index (κ1) is 27.3. The number of fused-ring (bicyclic) bond motifs is 3. The lowest BCUT2D eigenvalue weighted by molar-refractivity contribution is -0.137. The van der Waals surface area contributed by atoms with Gasteiger partial charge in [-0.05, 0) is 55.0 Å². The number of anilines is 2. The van der Waals surface area contributed by atoms with E-state index in [0.717, 1.165) is 30.3 Å². The molecule has 0 aliphatic carbocycles. The van der Waals surface area contributed by atoms with Crippen LogP contribution in [0.3, 0.4) is 0 Å². The smallest absolute Gasteiger partial charge is 0.325 e. The van der Waals surface area contributed by atoms with E-state index in [0.29, 0.717) is 34.5 Å². The van der Waals surface area contributed by atoms with Gasteiger partial charge >= 0.3 is 6.18 Å². The van der Waals surface area contributed by atoms with Gasteiger partial charge in [-0.2, -0.15) is 13.2 Å². The van der Waals surface area contributed by atoms with E-state index in [1.54, 1.807) is 36.4 Å². The molecule has 9 nitrogen and oxygen atoms in total. The summed E-state index contributed by atoms with van der Waals surface area (Å²) in [6.07, 6.45) is -1.50. The molecule has 0 atom stereocenters. The summed E-state index contributed by atoms with van der Waals surface area (Å²) in [4.78, 5) is 48.3. The van der Waals surface area contributed by atoms with Crippen LogP contribution in [0.5, 0.6) is 0 Å². The van der Waals surface area contributed by atoms with Gasteiger partial charge in [-0.25, -0.2) is 14.4 Å². The number of aromatic nitrogens is 4. The average Bonchev–Trinajstić information content (AvgIpc) is 3.26. The zero-order valence-corrected chi connectivity index (χ0v) is 21.7. The molecule has 5 aromatic rings. The number of alkyl halides is 3. The molecule has 208 valence electrons. The van der Waals surface area contributed by atoms with Crippen LogP contribution in [0.4, 0.5) is 24.5 Å². The van der Waals surface area contributed by atoms with Gasteiger partial charge in [0.05, 0.1) is 22.3 Å². The number of halogens is 3. The maximum atomic E-state index is 14.1. The molecule has 3 aromatic heterocycles. The Bertz CT molecular complexity index is 1870. The van der Waals surface area contributed by atoms with Crippen molar-refractivity contribution < 1.29 is 22.8 Å². The number of aryl methyl sites for hydroxylation is 1. The molecule has 12 heteroatoms. The zero-order valence-electron chi connectivity index (χ0n) is 21.7. The number of benzene rings is 2. The van der Waals surface area contributed by atoms with Crippen molar-refractivity contribution in [3.8, 4) is 11.1 Å². The molecular weight excluding hydrogens is 537 g/mol. The number of hydrogen-bond donors (Lipinski definition) is 2. The van der Waals surface area contributed by atoms with E-state index in [2.05, 4.69) is 22.2 Å². The summed E-state index contributed by atoms with van der Waals surface area (Å²) in [5.74, 6) is -0.826. The van der Waals surface area contributed by atoms with Crippen LogP contribution in [0.25, 0.3) is 28.1 Å². The molecule has 2 aromatic carbocycles. The molecule has 0 saturated heterocycles. The van der Waals surface area contributed by atoms with Crippen LogP contribution in [0.2, 0.25) is 0 Å². The van der Waals surface area contributed by atoms with Gasteiger partial charge in [0.1, 0.15) is 6.54 Å². The molecule has 3 heterocycles. The van der Waals surface area contributed by atoms with Gasteiger partial charge in [0, 0.05) is 23.1 Å². The summed E-state index contributed by atoms with van der Waals surface area (Å²) >= 11 is 0. The molecule has 2 amide bonds. The molecule has 0 aliphatic rings. The van der Waals surface area contributed by atoms with E-state index in [1.807, 2.05) is 6.92 Å². The van der Waals surface area contributed by atoms with Gasteiger partial charge in [-0.15, -0.1) is 0 Å². The van der Waals surface area contributed by atoms with E-state index < -0.39 is 29.1 Å². The maximum Gasteiger partial charge on any atom is 0.416 e. The Labute approximate surface area is 231 Å². The molecule has 0 spiro atoms. The van der Waals surface area contributed by atoms with Crippen LogP contribution in [0.15, 0.2) is 84.3 Å². The van der Waals surface area contributed by atoms with E-state index in [-0.39, 0.29) is 23.6 Å². The minimum atomic E-state index is -4.50. The van der Waals surface area contributed by atoms with Gasteiger partial charge < -0.3 is 10.6 Å². The second-order valence-electron chi connectivity index (χ2n) is 9.02. The van der Waals surface area contributed by atoms with Crippen LogP contribution >= 0.6 is 0 Å². The highest BCUT2D eigenvalue weighted by Crippen LogP contribution is 2.31. The largest absolute Gasteiger partial charge is 0.416 e. The SMILES string of the molecule is C=CC(=O)Nc1ccccc1-c1c(CC)nc2n(CC(=O)Nc3ccc(C(F)(F)F)cc3)c3ncccc3n2c1=O. The number of nitrogens with one attached hydrogen (secondary N) is 2. The van der Waals surface area contributed by atoms with Crippen LogP contribution in [0.1, 0.15) is 18.2 Å². The number of rotatable bonds is 7. The van der Waals surface area contributed by atoms with Crippen molar-refractivity contribution in [1.29, 1.82) is 0 Å². The minimum Gasteiger partial charge on any atom is -0.325 e. The molecule has 2 N–H and O–H groups in total. The third-order valence-electron chi connectivity index (χ3n) is 6.42. The Kier molecular flexibility index (Phi) is 7.14. The molecular formula is C29H23F3N6O3. The van der Waals surface area contributed by atoms with Crippen molar-refractivity contribution in [3.05, 3.63) is 101 Å². The van der Waals surface area contributed by atoms with Crippen LogP contribution in [-0.4, -0.2) is 30.8 Å². The summed E-state index contributed by atoms with van der Waals surface area (Å²) < 4.78 is 41.5. The molecule has 5 rings (SSSR count). The molecule has 41 heavy (non-hydrogen) atoms. The summed E-state index contributed by atoms with van der Waals surface area (Å²) in [6.45, 7) is 4.99. The van der Waals surface area contributed by atoms with Gasteiger partial charge in [-0.3, -0.25) is 19.0 Å². The third-order valence-corrected chi connectivity index (χ3v) is 6.42. The number of amides is 2. The maximum absolute atomic E-state index is 14.1. The van der Waals surface area contributed by atoms with E-state index in [1.165, 1.54) is 15.2 Å². The Morgan fingerprint density at radius 3 is 2.44 bits per heavy atom. The summed E-state index contributed by atoms with van der Waals surface area (Å²) in [6, 6.07) is 14.2. The number of carbonyl (C=O) groups excluding carboxylic acids is 2. The lowest BCUT2D eigenvalue weighted by Gasteiger charge is -2.13. The first-order valence-corrected chi connectivity index (χ1v) is 12.5. The molecule has 0 bridgehead atoms. The molecule has 0 radical (unpaired) electrons. The van der Waals surface area contributed by atoms with Crippen molar-refractivity contribution in [2.75, 3.05) is 10.6 Å². The predicted molar refractivity (Wildman–Crippen MR) is 148 cm³/mol. The lowest BCUT2D eigenvalue weighted by atomic mass is 10.0. The van der Waals surface area contributed by atoms with Crippen LogP contribution < -0.4 is 16.2 Å². The second-order valence-corrected chi connectivity index (χ2v) is 9.02. The Hall–Kier alpha value is -5.26. The second kappa shape index (κ2) is 10.7. The number of para-hydroxylation sites is 1. The third kappa shape index (κ3) is 5.19. The molecule has 0 saturated carbocycles. The van der Waals surface area contributed by atoms with E-state index >= 15 is 0 Å². The zero-order chi connectivity index (χ0) is 29.3. The first-order chi connectivity index (χ1) is 19.6. The fraction of sp³-hybridized carbons (Fsp3) is 0.138. The van der Waals surface area contributed by atoms with Gasteiger partial charge in [0.2, 0.25) is 17.6 Å². The van der Waals surface area contributed by atoms with Crippen molar-refractivity contribution in [2.24, 2.45) is 0 Å². The number of pyridine rings is 1. The fourth-order valence-corrected chi connectivity index (χ4v) is 4.57. The summed E-state index contributed by atoms with van der Waals surface area (Å²) in [7, 11) is 0. The van der Waals surface area contributed by atoms with Gasteiger partial charge in [-0.1, -0.05) is 31.7 Å². The number of hydrogen-bond acceptors (Lipinski definition) is 5. The van der Waals surface area contributed by atoms with Crippen molar-refractivity contribution in [3.63, 3.8) is 0 Å². The standard InChI is InChI=1S/C29H23F3N6O3/c1-3-20-25(19-8-5-6-9-21(19)35-23(39)4-2)27(41)38-22-10-7-15-33-26(22)37(28(38)36-20)16-24(40)34-18-13-11-17(12-14-18)29(30,31)32/h4-15H,2-3,16H2,1H3,(H,34,40)(H,35,39). The predicted octanol–water partition coefficient (Wildman–Crippen LogP) is 5.06. The lowest BCUT2D eigenvalue weighted by Crippen LogP contribution is -2.23. The van der Waals surface area contributed by atoms with Crippen molar-refractivity contribution >= 4 is 40.1 Å². The average molecular weight is 561 g/mol. The van der Waals surface area contributed by atoms with Gasteiger partial charge in [0.15, 0.2) is 5.65 Å². The highest BCUT2D eigenvalue weighted by atomic mass is 19.4. The highest BCUT2D eigenvalue weighted by molar-refractivity contribution is 6.02. The summed E-state index contributed by atoms with van der Waals surface area (Å²) in [5.41, 5.74) is 1.22. The molecule has 0 fully saturated rings.